The Bertz CT molecular complexity index is 4500. The molecule has 0 aliphatic heterocycles. The molecule has 0 saturated carbocycles. The zero-order valence-corrected chi connectivity index (χ0v) is 36.5. The molecule has 0 spiro atoms. The fourth-order valence-corrected chi connectivity index (χ4v) is 10.9. The van der Waals surface area contributed by atoms with Crippen molar-refractivity contribution in [1.29, 1.82) is 0 Å². The van der Waals surface area contributed by atoms with Gasteiger partial charge in [-0.05, 0) is 102 Å². The van der Waals surface area contributed by atoms with Crippen LogP contribution < -0.4 is 0 Å². The van der Waals surface area contributed by atoms with Crippen LogP contribution in [0.3, 0.4) is 0 Å². The summed E-state index contributed by atoms with van der Waals surface area (Å²) in [5.41, 5.74) is 7.44. The summed E-state index contributed by atoms with van der Waals surface area (Å²) >= 11 is 0. The van der Waals surface area contributed by atoms with E-state index in [2.05, 4.69) is 217 Å². The molecule has 3 aromatic heterocycles. The normalized spacial score (nSPS) is 12.1. The van der Waals surface area contributed by atoms with Crippen molar-refractivity contribution < 1.29 is 4.42 Å². The summed E-state index contributed by atoms with van der Waals surface area (Å²) < 4.78 is 9.49. The molecule has 0 aliphatic carbocycles. The van der Waals surface area contributed by atoms with Gasteiger partial charge < -0.3 is 8.98 Å². The van der Waals surface area contributed by atoms with Crippen molar-refractivity contribution in [2.24, 2.45) is 0 Å². The Labute approximate surface area is 388 Å². The summed E-state index contributed by atoms with van der Waals surface area (Å²) in [5.74, 6) is 1.72. The number of fused-ring (bicyclic) bond motifs is 15. The van der Waals surface area contributed by atoms with E-state index in [4.69, 9.17) is 19.4 Å². The molecule has 0 radical (unpaired) electrons. The van der Waals surface area contributed by atoms with Crippen LogP contribution in [-0.2, 0) is 0 Å². The van der Waals surface area contributed by atoms with Crippen LogP contribution in [0.25, 0.3) is 148 Å². The maximum Gasteiger partial charge on any atom is 0.167 e. The predicted octanol–water partition coefficient (Wildman–Crippen LogP) is 16.8. The molecule has 0 bridgehead atoms. The highest BCUT2D eigenvalue weighted by molar-refractivity contribution is 6.23. The van der Waals surface area contributed by atoms with E-state index >= 15 is 0 Å². The van der Waals surface area contributed by atoms with Crippen LogP contribution in [0, 0.1) is 0 Å². The number of rotatable bonds is 4. The molecule has 0 N–H and O–H groups in total. The molecule has 0 aliphatic rings. The van der Waals surface area contributed by atoms with Crippen LogP contribution in [0.5, 0.6) is 0 Å². The molecular formula is C63H36N4O. The van der Waals surface area contributed by atoms with Crippen molar-refractivity contribution >= 4 is 108 Å². The SMILES string of the molecule is c1ccc2cc3c(cc2c1)c1ccc2ccccc2c1n3-c1ccc(-c2nc(-c3ccc4c(ccc5ccccc54)c3)nc(-c3ccc4c(ccc5ccccc54)c3)n2)c2oc3ccccc3c12. The summed E-state index contributed by atoms with van der Waals surface area (Å²) in [5, 5.41) is 18.7. The number of furan rings is 1. The minimum atomic E-state index is 0.538. The van der Waals surface area contributed by atoms with Gasteiger partial charge in [-0.1, -0.05) is 176 Å². The second kappa shape index (κ2) is 14.2. The zero-order chi connectivity index (χ0) is 44.5. The van der Waals surface area contributed by atoms with Crippen molar-refractivity contribution in [1.82, 2.24) is 19.5 Å². The second-order valence-electron chi connectivity index (χ2n) is 17.9. The fourth-order valence-electron chi connectivity index (χ4n) is 10.9. The lowest BCUT2D eigenvalue weighted by molar-refractivity contribution is 0.669. The third-order valence-corrected chi connectivity index (χ3v) is 14.1. The maximum absolute atomic E-state index is 7.03. The molecule has 5 nitrogen and oxygen atoms in total. The molecule has 0 unspecified atom stereocenters. The van der Waals surface area contributed by atoms with Crippen molar-refractivity contribution in [3.63, 3.8) is 0 Å². The first-order valence-corrected chi connectivity index (χ1v) is 23.1. The number of hydrogen-bond donors (Lipinski definition) is 0. The molecule has 12 aromatic carbocycles. The number of para-hydroxylation sites is 1. The molecular weight excluding hydrogens is 829 g/mol. The molecule has 0 fully saturated rings. The van der Waals surface area contributed by atoms with Crippen molar-refractivity contribution in [3.8, 4) is 39.9 Å². The number of benzene rings is 12. The average molecular weight is 865 g/mol. The summed E-state index contributed by atoms with van der Waals surface area (Å²) in [6.07, 6.45) is 0. The van der Waals surface area contributed by atoms with E-state index in [0.717, 1.165) is 66.1 Å². The van der Waals surface area contributed by atoms with Gasteiger partial charge in [-0.3, -0.25) is 0 Å². The topological polar surface area (TPSA) is 56.7 Å². The van der Waals surface area contributed by atoms with E-state index in [1.165, 1.54) is 64.6 Å². The third-order valence-electron chi connectivity index (χ3n) is 14.1. The first-order valence-electron chi connectivity index (χ1n) is 23.1. The van der Waals surface area contributed by atoms with Gasteiger partial charge in [0, 0.05) is 32.7 Å². The predicted molar refractivity (Wildman–Crippen MR) is 283 cm³/mol. The largest absolute Gasteiger partial charge is 0.455 e. The molecule has 3 heterocycles. The zero-order valence-electron chi connectivity index (χ0n) is 36.5. The number of hydrogen-bond acceptors (Lipinski definition) is 4. The Balaban J connectivity index is 1.01. The van der Waals surface area contributed by atoms with Gasteiger partial charge >= 0.3 is 0 Å². The van der Waals surface area contributed by atoms with E-state index in [1.807, 2.05) is 6.07 Å². The Morgan fingerprint density at radius 1 is 0.324 bits per heavy atom. The molecule has 5 heteroatoms. The number of aromatic nitrogens is 4. The molecule has 0 saturated heterocycles. The average Bonchev–Trinajstić information content (AvgIpc) is 3.95. The highest BCUT2D eigenvalue weighted by Gasteiger charge is 2.24. The van der Waals surface area contributed by atoms with Crippen molar-refractivity contribution in [2.45, 2.75) is 0 Å². The summed E-state index contributed by atoms with van der Waals surface area (Å²) in [6, 6.07) is 78.2. The first-order chi connectivity index (χ1) is 33.7. The van der Waals surface area contributed by atoms with Crippen LogP contribution in [-0.4, -0.2) is 19.5 Å². The van der Waals surface area contributed by atoms with Gasteiger partial charge in [0.2, 0.25) is 0 Å². The Morgan fingerprint density at radius 2 is 0.809 bits per heavy atom. The summed E-state index contributed by atoms with van der Waals surface area (Å²) in [6.45, 7) is 0. The van der Waals surface area contributed by atoms with Gasteiger partial charge in [0.25, 0.3) is 0 Å². The lowest BCUT2D eigenvalue weighted by Gasteiger charge is -2.14. The van der Waals surface area contributed by atoms with E-state index in [-0.39, 0.29) is 0 Å². The van der Waals surface area contributed by atoms with Gasteiger partial charge in [0.15, 0.2) is 17.5 Å². The van der Waals surface area contributed by atoms with Crippen molar-refractivity contribution in [3.05, 3.63) is 218 Å². The monoisotopic (exact) mass is 864 g/mol. The quantitative estimate of drug-likeness (QED) is 0.165. The van der Waals surface area contributed by atoms with E-state index < -0.39 is 0 Å². The minimum Gasteiger partial charge on any atom is -0.455 e. The highest BCUT2D eigenvalue weighted by atomic mass is 16.3. The smallest absolute Gasteiger partial charge is 0.167 e. The van der Waals surface area contributed by atoms with E-state index in [1.54, 1.807) is 0 Å². The lowest BCUT2D eigenvalue weighted by atomic mass is 9.99. The fraction of sp³-hybridized carbons (Fsp3) is 0. The standard InChI is InChI=1S/C63H36N4O/c1-2-15-41-36-56-54(35-40(41)14-1)51-30-25-39-13-5-8-18-50(39)59(51)67(56)55-32-31-53(60-58(55)52-19-9-10-20-57(52)68-60)63-65-61(44-26-28-48-42(33-44)23-21-37-11-3-6-16-46(37)48)64-62(66-63)45-27-29-49-43(34-45)24-22-38-12-4-7-17-47(38)49/h1-36H. The van der Waals surface area contributed by atoms with Gasteiger partial charge in [-0.25, -0.2) is 15.0 Å². The van der Waals surface area contributed by atoms with Crippen molar-refractivity contribution in [2.75, 3.05) is 0 Å². The second-order valence-corrected chi connectivity index (χ2v) is 17.9. The van der Waals surface area contributed by atoms with Gasteiger partial charge in [-0.2, -0.15) is 0 Å². The molecule has 15 aromatic rings. The summed E-state index contributed by atoms with van der Waals surface area (Å²) in [7, 11) is 0. The van der Waals surface area contributed by atoms with Gasteiger partial charge in [0.05, 0.1) is 27.7 Å². The minimum absolute atomic E-state index is 0.538. The van der Waals surface area contributed by atoms with E-state index in [9.17, 15) is 0 Å². The van der Waals surface area contributed by atoms with Crippen LogP contribution in [0.15, 0.2) is 223 Å². The summed E-state index contributed by atoms with van der Waals surface area (Å²) in [4.78, 5) is 16.0. The van der Waals surface area contributed by atoms with E-state index in [0.29, 0.717) is 17.5 Å². The molecule has 15 rings (SSSR count). The number of nitrogens with zero attached hydrogens (tertiary/aromatic N) is 4. The van der Waals surface area contributed by atoms with Crippen LogP contribution in [0.4, 0.5) is 0 Å². The van der Waals surface area contributed by atoms with Crippen LogP contribution in [0.2, 0.25) is 0 Å². The van der Waals surface area contributed by atoms with Crippen LogP contribution in [0.1, 0.15) is 0 Å². The Kier molecular flexibility index (Phi) is 7.72. The Hall–Kier alpha value is -9.19. The lowest BCUT2D eigenvalue weighted by Crippen LogP contribution is -2.01. The van der Waals surface area contributed by atoms with Gasteiger partial charge in [0.1, 0.15) is 11.2 Å². The van der Waals surface area contributed by atoms with Crippen LogP contribution >= 0.6 is 0 Å². The Morgan fingerprint density at radius 3 is 1.47 bits per heavy atom. The highest BCUT2D eigenvalue weighted by Crippen LogP contribution is 2.45. The first kappa shape index (κ1) is 37.1. The molecule has 314 valence electrons. The molecule has 68 heavy (non-hydrogen) atoms. The maximum atomic E-state index is 7.03. The molecule has 0 atom stereocenters. The van der Waals surface area contributed by atoms with Gasteiger partial charge in [-0.15, -0.1) is 0 Å². The third kappa shape index (κ3) is 5.47. The molecule has 0 amide bonds.